The Balaban J connectivity index is 2.19. The smallest absolute Gasteiger partial charge is 0.336 e. The van der Waals surface area contributed by atoms with Crippen LogP contribution in [0.25, 0.3) is 28.0 Å². The minimum absolute atomic E-state index is 0.00660. The summed E-state index contributed by atoms with van der Waals surface area (Å²) in [4.78, 5) is 32.1. The molecule has 0 radical (unpaired) electrons. The molecule has 0 atom stereocenters. The molecule has 4 aromatic rings. The summed E-state index contributed by atoms with van der Waals surface area (Å²) in [5.74, 6) is -1.20. The van der Waals surface area contributed by atoms with Crippen molar-refractivity contribution in [2.45, 2.75) is 20.8 Å². The van der Waals surface area contributed by atoms with Crippen molar-refractivity contribution in [1.29, 1.82) is 0 Å². The van der Waals surface area contributed by atoms with Gasteiger partial charge in [-0.05, 0) is 56.2 Å². The van der Waals surface area contributed by atoms with E-state index >= 15 is 0 Å². The highest BCUT2D eigenvalue weighted by molar-refractivity contribution is 7.71. The number of rotatable bonds is 3. The van der Waals surface area contributed by atoms with Crippen LogP contribution < -0.4 is 5.56 Å². The molecule has 2 heterocycles. The Kier molecular flexibility index (Phi) is 4.83. The number of carbonyl (C=O) groups is 1. The van der Waals surface area contributed by atoms with Gasteiger partial charge in [-0.2, -0.15) is 0 Å². The number of carboxylic acids is 1. The van der Waals surface area contributed by atoms with Gasteiger partial charge in [0.15, 0.2) is 10.4 Å². The summed E-state index contributed by atoms with van der Waals surface area (Å²) in [6, 6.07) is 14.8. The van der Waals surface area contributed by atoms with Gasteiger partial charge in [-0.25, -0.2) is 9.78 Å². The lowest BCUT2D eigenvalue weighted by molar-refractivity contribution is 0.0699. The highest BCUT2D eigenvalue weighted by atomic mass is 32.1. The van der Waals surface area contributed by atoms with Gasteiger partial charge in [-0.15, -0.1) is 0 Å². The molecular formula is C23H19N3O3S. The van der Waals surface area contributed by atoms with E-state index in [2.05, 4.69) is 4.98 Å². The predicted molar refractivity (Wildman–Crippen MR) is 119 cm³/mol. The second kappa shape index (κ2) is 7.35. The quantitative estimate of drug-likeness (QED) is 0.470. The monoisotopic (exact) mass is 417 g/mol. The lowest BCUT2D eigenvalue weighted by atomic mass is 10.0. The maximum atomic E-state index is 12.7. The third-order valence-corrected chi connectivity index (χ3v) is 5.54. The van der Waals surface area contributed by atoms with Crippen LogP contribution in [0, 0.1) is 25.5 Å². The Labute approximate surface area is 177 Å². The molecule has 0 aliphatic rings. The van der Waals surface area contributed by atoms with Gasteiger partial charge in [-0.1, -0.05) is 42.0 Å². The third-order valence-electron chi connectivity index (χ3n) is 5.26. The minimum Gasteiger partial charge on any atom is -0.478 e. The lowest BCUT2D eigenvalue weighted by Gasteiger charge is -2.16. The summed E-state index contributed by atoms with van der Waals surface area (Å²) >= 11 is 5.46. The Morgan fingerprint density at radius 2 is 1.80 bits per heavy atom. The van der Waals surface area contributed by atoms with E-state index in [0.717, 1.165) is 27.9 Å². The van der Waals surface area contributed by atoms with Crippen LogP contribution in [0.15, 0.2) is 53.3 Å². The Morgan fingerprint density at radius 1 is 1.10 bits per heavy atom. The topological polar surface area (TPSA) is 88.0 Å². The number of hydrogen-bond donors (Lipinski definition) is 2. The molecule has 0 saturated heterocycles. The number of aromatic nitrogens is 3. The highest BCUT2D eigenvalue weighted by Crippen LogP contribution is 2.27. The molecule has 150 valence electrons. The number of aromatic amines is 1. The third kappa shape index (κ3) is 3.23. The first-order valence-corrected chi connectivity index (χ1v) is 9.75. The van der Waals surface area contributed by atoms with Gasteiger partial charge in [0.05, 0.1) is 22.3 Å². The first-order chi connectivity index (χ1) is 14.3. The molecule has 2 aromatic heterocycles. The normalized spacial score (nSPS) is 11.0. The second-order valence-electron chi connectivity index (χ2n) is 7.24. The van der Waals surface area contributed by atoms with Crippen molar-refractivity contribution in [3.05, 3.63) is 85.9 Å². The van der Waals surface area contributed by atoms with Crippen molar-refractivity contribution < 1.29 is 9.90 Å². The van der Waals surface area contributed by atoms with Crippen LogP contribution in [0.3, 0.4) is 0 Å². The van der Waals surface area contributed by atoms with E-state index in [1.807, 2.05) is 63.2 Å². The summed E-state index contributed by atoms with van der Waals surface area (Å²) < 4.78 is 1.80. The van der Waals surface area contributed by atoms with Crippen molar-refractivity contribution in [2.24, 2.45) is 0 Å². The standard InChI is InChI=1S/C23H19N3O3S/c1-12-7-9-15(10-8-12)17-11-16(22(28)29)19-20(24-17)26(23(30)25-21(19)27)18-6-4-5-13(2)14(18)3/h4-11H,1-3H3,(H,28,29)(H,25,27,30). The van der Waals surface area contributed by atoms with Gasteiger partial charge in [0.25, 0.3) is 5.56 Å². The summed E-state index contributed by atoms with van der Waals surface area (Å²) in [5, 5.41) is 9.83. The zero-order chi connectivity index (χ0) is 21.6. The molecule has 0 unspecified atom stereocenters. The van der Waals surface area contributed by atoms with Gasteiger partial charge >= 0.3 is 5.97 Å². The Hall–Kier alpha value is -3.58. The number of pyridine rings is 1. The van der Waals surface area contributed by atoms with E-state index in [0.29, 0.717) is 5.69 Å². The molecule has 0 spiro atoms. The van der Waals surface area contributed by atoms with Crippen LogP contribution in [0.1, 0.15) is 27.0 Å². The van der Waals surface area contributed by atoms with Gasteiger partial charge in [0.2, 0.25) is 0 Å². The molecule has 0 aliphatic heterocycles. The molecule has 6 nitrogen and oxygen atoms in total. The van der Waals surface area contributed by atoms with E-state index in [1.54, 1.807) is 4.57 Å². The number of nitrogens with one attached hydrogen (secondary N) is 1. The summed E-state index contributed by atoms with van der Waals surface area (Å²) in [5.41, 5.74) is 4.56. The minimum atomic E-state index is -1.20. The molecule has 0 aliphatic carbocycles. The van der Waals surface area contributed by atoms with Gasteiger partial charge in [0, 0.05) is 5.56 Å². The average molecular weight is 417 g/mol. The summed E-state index contributed by atoms with van der Waals surface area (Å²) in [6.07, 6.45) is 0. The molecule has 0 fully saturated rings. The van der Waals surface area contributed by atoms with Crippen LogP contribution in [0.2, 0.25) is 0 Å². The molecule has 4 rings (SSSR count). The molecule has 30 heavy (non-hydrogen) atoms. The molecule has 2 N–H and O–H groups in total. The van der Waals surface area contributed by atoms with Crippen molar-refractivity contribution in [3.8, 4) is 16.9 Å². The zero-order valence-corrected chi connectivity index (χ0v) is 17.5. The number of benzene rings is 2. The largest absolute Gasteiger partial charge is 0.478 e. The zero-order valence-electron chi connectivity index (χ0n) is 16.7. The first kappa shape index (κ1) is 19.7. The summed E-state index contributed by atoms with van der Waals surface area (Å²) in [7, 11) is 0. The average Bonchev–Trinajstić information content (AvgIpc) is 2.70. The van der Waals surface area contributed by atoms with Gasteiger partial charge < -0.3 is 5.11 Å². The van der Waals surface area contributed by atoms with E-state index in [4.69, 9.17) is 17.2 Å². The van der Waals surface area contributed by atoms with Crippen molar-refractivity contribution in [1.82, 2.24) is 14.5 Å². The fourth-order valence-electron chi connectivity index (χ4n) is 3.47. The SMILES string of the molecule is Cc1ccc(-c2cc(C(=O)O)c3c(=O)[nH]c(=S)n(-c4cccc(C)c4C)c3n2)cc1. The van der Waals surface area contributed by atoms with E-state index < -0.39 is 11.5 Å². The number of carboxylic acid groups (broad SMARTS) is 1. The van der Waals surface area contributed by atoms with Crippen molar-refractivity contribution in [3.63, 3.8) is 0 Å². The van der Waals surface area contributed by atoms with Gasteiger partial charge in [0.1, 0.15) is 0 Å². The Bertz CT molecular complexity index is 1430. The van der Waals surface area contributed by atoms with Crippen LogP contribution in [0.4, 0.5) is 0 Å². The van der Waals surface area contributed by atoms with Crippen molar-refractivity contribution in [2.75, 3.05) is 0 Å². The van der Waals surface area contributed by atoms with E-state index in [9.17, 15) is 14.7 Å². The van der Waals surface area contributed by atoms with Crippen molar-refractivity contribution >= 4 is 29.2 Å². The number of aromatic carboxylic acids is 1. The number of hydrogen-bond acceptors (Lipinski definition) is 4. The molecular weight excluding hydrogens is 398 g/mol. The maximum absolute atomic E-state index is 12.7. The van der Waals surface area contributed by atoms with Gasteiger partial charge in [-0.3, -0.25) is 14.3 Å². The molecule has 0 amide bonds. The van der Waals surface area contributed by atoms with Crippen LogP contribution >= 0.6 is 12.2 Å². The molecule has 7 heteroatoms. The van der Waals surface area contributed by atoms with E-state index in [1.165, 1.54) is 6.07 Å². The fourth-order valence-corrected chi connectivity index (χ4v) is 3.75. The number of aryl methyl sites for hydroxylation is 2. The Morgan fingerprint density at radius 3 is 2.47 bits per heavy atom. The summed E-state index contributed by atoms with van der Waals surface area (Å²) in [6.45, 7) is 5.90. The molecule has 2 aromatic carbocycles. The number of H-pyrrole nitrogens is 1. The van der Waals surface area contributed by atoms with Crippen LogP contribution in [-0.4, -0.2) is 25.6 Å². The fraction of sp³-hybridized carbons (Fsp3) is 0.130. The molecule has 0 saturated carbocycles. The van der Waals surface area contributed by atoms with Crippen LogP contribution in [0.5, 0.6) is 0 Å². The molecule has 0 bridgehead atoms. The maximum Gasteiger partial charge on any atom is 0.336 e. The second-order valence-corrected chi connectivity index (χ2v) is 7.63. The highest BCUT2D eigenvalue weighted by Gasteiger charge is 2.20. The van der Waals surface area contributed by atoms with E-state index in [-0.39, 0.29) is 21.4 Å². The lowest BCUT2D eigenvalue weighted by Crippen LogP contribution is -2.19. The number of nitrogens with zero attached hydrogens (tertiary/aromatic N) is 2. The van der Waals surface area contributed by atoms with Crippen LogP contribution in [-0.2, 0) is 0 Å². The number of fused-ring (bicyclic) bond motifs is 1. The first-order valence-electron chi connectivity index (χ1n) is 9.35. The predicted octanol–water partition coefficient (Wildman–Crippen LogP) is 4.73.